The molecule has 0 atom stereocenters. The molecule has 0 unspecified atom stereocenters. The Labute approximate surface area is 149 Å². The predicted octanol–water partition coefficient (Wildman–Crippen LogP) is 4.03. The normalized spacial score (nSPS) is 10.2. The Morgan fingerprint density at radius 1 is 0.846 bits per heavy atom. The smallest absolute Gasteiger partial charge is 0.274 e. The van der Waals surface area contributed by atoms with Gasteiger partial charge in [-0.05, 0) is 48.9 Å². The fraction of sp³-hybridized carbons (Fsp3) is 0.0500. The Bertz CT molecular complexity index is 973. The van der Waals surface area contributed by atoms with Gasteiger partial charge in [0.1, 0.15) is 17.2 Å². The third-order valence-corrected chi connectivity index (χ3v) is 3.69. The quantitative estimate of drug-likeness (QED) is 0.747. The number of anilines is 2. The van der Waals surface area contributed by atoms with E-state index in [1.807, 2.05) is 25.1 Å². The van der Waals surface area contributed by atoms with Gasteiger partial charge in [-0.3, -0.25) is 9.59 Å². The monoisotopic (exact) mass is 349 g/mol. The van der Waals surface area contributed by atoms with Crippen LogP contribution in [0.4, 0.5) is 15.8 Å². The summed E-state index contributed by atoms with van der Waals surface area (Å²) in [5, 5.41) is 5.32. The molecule has 0 bridgehead atoms. The number of aryl methyl sites for hydroxylation is 1. The van der Waals surface area contributed by atoms with Crippen LogP contribution in [0, 0.1) is 12.7 Å². The molecule has 3 aromatic rings. The van der Waals surface area contributed by atoms with Gasteiger partial charge < -0.3 is 10.6 Å². The van der Waals surface area contributed by atoms with Crippen molar-refractivity contribution in [2.24, 2.45) is 0 Å². The molecule has 3 rings (SSSR count). The van der Waals surface area contributed by atoms with Gasteiger partial charge in [-0.2, -0.15) is 0 Å². The molecule has 1 aromatic heterocycles. The molecule has 5 nitrogen and oxygen atoms in total. The highest BCUT2D eigenvalue weighted by Gasteiger charge is 2.13. The van der Waals surface area contributed by atoms with Crippen LogP contribution in [-0.4, -0.2) is 16.8 Å². The third-order valence-electron chi connectivity index (χ3n) is 3.69. The largest absolute Gasteiger partial charge is 0.321 e. The van der Waals surface area contributed by atoms with Crippen LogP contribution in [0.25, 0.3) is 0 Å². The van der Waals surface area contributed by atoms with E-state index in [-0.39, 0.29) is 11.4 Å². The SMILES string of the molecule is Cc1ccccc1NC(=O)c1cccc(C(=O)Nc2cccc(F)c2)n1. The lowest BCUT2D eigenvalue weighted by atomic mass is 10.2. The van der Waals surface area contributed by atoms with Crippen LogP contribution in [0.15, 0.2) is 66.7 Å². The number of carbonyl (C=O) groups excluding carboxylic acids is 2. The molecule has 0 aliphatic carbocycles. The maximum Gasteiger partial charge on any atom is 0.274 e. The molecular weight excluding hydrogens is 333 g/mol. The second-order valence-electron chi connectivity index (χ2n) is 5.64. The molecular formula is C20H16FN3O2. The number of para-hydroxylation sites is 1. The van der Waals surface area contributed by atoms with Crippen molar-refractivity contribution in [3.8, 4) is 0 Å². The summed E-state index contributed by atoms with van der Waals surface area (Å²) < 4.78 is 13.2. The maximum absolute atomic E-state index is 13.2. The summed E-state index contributed by atoms with van der Waals surface area (Å²) >= 11 is 0. The van der Waals surface area contributed by atoms with Crippen molar-refractivity contribution in [1.82, 2.24) is 4.98 Å². The van der Waals surface area contributed by atoms with Crippen molar-refractivity contribution in [3.05, 3.63) is 89.5 Å². The van der Waals surface area contributed by atoms with Gasteiger partial charge in [-0.1, -0.05) is 30.3 Å². The molecule has 0 spiro atoms. The Morgan fingerprint density at radius 2 is 1.50 bits per heavy atom. The first kappa shape index (κ1) is 17.3. The summed E-state index contributed by atoms with van der Waals surface area (Å²) in [6.45, 7) is 1.88. The van der Waals surface area contributed by atoms with Crippen LogP contribution in [0.3, 0.4) is 0 Å². The third kappa shape index (κ3) is 4.10. The summed E-state index contributed by atoms with van der Waals surface area (Å²) in [6.07, 6.45) is 0. The summed E-state index contributed by atoms with van der Waals surface area (Å²) in [5.41, 5.74) is 2.08. The molecule has 0 saturated heterocycles. The van der Waals surface area contributed by atoms with Crippen molar-refractivity contribution in [2.45, 2.75) is 6.92 Å². The van der Waals surface area contributed by atoms with Gasteiger partial charge in [0.25, 0.3) is 11.8 Å². The minimum absolute atomic E-state index is 0.0618. The van der Waals surface area contributed by atoms with E-state index in [0.29, 0.717) is 11.4 Å². The van der Waals surface area contributed by atoms with Crippen LogP contribution in [0.2, 0.25) is 0 Å². The van der Waals surface area contributed by atoms with E-state index in [1.165, 1.54) is 30.3 Å². The number of hydrogen-bond donors (Lipinski definition) is 2. The lowest BCUT2D eigenvalue weighted by Gasteiger charge is -2.09. The van der Waals surface area contributed by atoms with Crippen LogP contribution in [0.5, 0.6) is 0 Å². The van der Waals surface area contributed by atoms with Gasteiger partial charge in [0.2, 0.25) is 0 Å². The van der Waals surface area contributed by atoms with Gasteiger partial charge >= 0.3 is 0 Å². The number of carbonyl (C=O) groups is 2. The average molecular weight is 349 g/mol. The maximum atomic E-state index is 13.2. The number of rotatable bonds is 4. The van der Waals surface area contributed by atoms with Crippen molar-refractivity contribution < 1.29 is 14.0 Å². The van der Waals surface area contributed by atoms with Gasteiger partial charge in [-0.25, -0.2) is 9.37 Å². The first-order chi connectivity index (χ1) is 12.5. The molecule has 1 heterocycles. The van der Waals surface area contributed by atoms with Crippen LogP contribution >= 0.6 is 0 Å². The highest BCUT2D eigenvalue weighted by atomic mass is 19.1. The molecule has 130 valence electrons. The number of nitrogens with zero attached hydrogens (tertiary/aromatic N) is 1. The van der Waals surface area contributed by atoms with Gasteiger partial charge in [0, 0.05) is 11.4 Å². The van der Waals surface area contributed by atoms with Crippen LogP contribution in [-0.2, 0) is 0 Å². The second kappa shape index (κ2) is 7.57. The van der Waals surface area contributed by atoms with Gasteiger partial charge in [-0.15, -0.1) is 0 Å². The first-order valence-electron chi connectivity index (χ1n) is 7.94. The molecule has 2 amide bonds. The number of pyridine rings is 1. The van der Waals surface area contributed by atoms with E-state index in [9.17, 15) is 14.0 Å². The summed E-state index contributed by atoms with van der Waals surface area (Å²) in [4.78, 5) is 28.8. The number of aromatic nitrogens is 1. The van der Waals surface area contributed by atoms with Gasteiger partial charge in [0.15, 0.2) is 0 Å². The van der Waals surface area contributed by atoms with Crippen molar-refractivity contribution in [2.75, 3.05) is 10.6 Å². The summed E-state index contributed by atoms with van der Waals surface area (Å²) in [6, 6.07) is 17.5. The first-order valence-corrected chi connectivity index (χ1v) is 7.94. The number of halogens is 1. The molecule has 0 saturated carbocycles. The number of benzene rings is 2. The zero-order valence-corrected chi connectivity index (χ0v) is 14.0. The standard InChI is InChI=1S/C20H16FN3O2/c1-13-6-2-3-9-16(13)24-20(26)18-11-5-10-17(23-18)19(25)22-15-8-4-7-14(21)12-15/h2-12H,1H3,(H,22,25)(H,24,26). The highest BCUT2D eigenvalue weighted by molar-refractivity contribution is 6.06. The van der Waals surface area contributed by atoms with E-state index in [0.717, 1.165) is 5.56 Å². The molecule has 26 heavy (non-hydrogen) atoms. The molecule has 0 radical (unpaired) electrons. The van der Waals surface area contributed by atoms with Crippen molar-refractivity contribution in [1.29, 1.82) is 0 Å². The molecule has 0 fully saturated rings. The summed E-state index contributed by atoms with van der Waals surface area (Å²) in [5.74, 6) is -1.40. The van der Waals surface area contributed by atoms with Crippen molar-refractivity contribution in [3.63, 3.8) is 0 Å². The van der Waals surface area contributed by atoms with E-state index < -0.39 is 17.6 Å². The number of hydrogen-bond acceptors (Lipinski definition) is 3. The Balaban J connectivity index is 1.76. The van der Waals surface area contributed by atoms with E-state index in [1.54, 1.807) is 18.2 Å². The number of amides is 2. The van der Waals surface area contributed by atoms with Crippen molar-refractivity contribution >= 4 is 23.2 Å². The second-order valence-corrected chi connectivity index (χ2v) is 5.64. The molecule has 6 heteroatoms. The zero-order valence-electron chi connectivity index (χ0n) is 14.0. The molecule has 0 aliphatic heterocycles. The van der Waals surface area contributed by atoms with Crippen LogP contribution in [0.1, 0.15) is 26.5 Å². The minimum Gasteiger partial charge on any atom is -0.321 e. The zero-order chi connectivity index (χ0) is 18.5. The van der Waals surface area contributed by atoms with Crippen LogP contribution < -0.4 is 10.6 Å². The van der Waals surface area contributed by atoms with E-state index in [2.05, 4.69) is 15.6 Å². The minimum atomic E-state index is -0.527. The Morgan fingerprint density at radius 3 is 2.19 bits per heavy atom. The lowest BCUT2D eigenvalue weighted by Crippen LogP contribution is -2.18. The average Bonchev–Trinajstić information content (AvgIpc) is 2.63. The highest BCUT2D eigenvalue weighted by Crippen LogP contribution is 2.15. The predicted molar refractivity (Wildman–Crippen MR) is 97.7 cm³/mol. The number of nitrogens with one attached hydrogen (secondary N) is 2. The Kier molecular flexibility index (Phi) is 5.03. The fourth-order valence-electron chi connectivity index (χ4n) is 2.35. The Hall–Kier alpha value is -3.54. The van der Waals surface area contributed by atoms with E-state index in [4.69, 9.17) is 0 Å². The molecule has 0 aliphatic rings. The molecule has 2 aromatic carbocycles. The topological polar surface area (TPSA) is 71.1 Å². The summed E-state index contributed by atoms with van der Waals surface area (Å²) in [7, 11) is 0. The van der Waals surface area contributed by atoms with Gasteiger partial charge in [0.05, 0.1) is 0 Å². The molecule has 2 N–H and O–H groups in total. The fourth-order valence-corrected chi connectivity index (χ4v) is 2.35. The van der Waals surface area contributed by atoms with E-state index >= 15 is 0 Å². The lowest BCUT2D eigenvalue weighted by molar-refractivity contribution is 0.101.